The van der Waals surface area contributed by atoms with Gasteiger partial charge < -0.3 is 16.2 Å². The molecule has 0 spiro atoms. The van der Waals surface area contributed by atoms with E-state index in [0.29, 0.717) is 23.5 Å². The van der Waals surface area contributed by atoms with E-state index < -0.39 is 5.97 Å². The summed E-state index contributed by atoms with van der Waals surface area (Å²) in [6, 6.07) is 3.34. The fourth-order valence-electron chi connectivity index (χ4n) is 2.58. The van der Waals surface area contributed by atoms with Gasteiger partial charge in [0.1, 0.15) is 5.82 Å². The van der Waals surface area contributed by atoms with Gasteiger partial charge in [0.25, 0.3) is 0 Å². The number of carboxylic acid groups (broad SMARTS) is 1. The maximum atomic E-state index is 10.9. The highest BCUT2D eigenvalue weighted by atomic mass is 16.4. The first kappa shape index (κ1) is 13.6. The third-order valence-electron chi connectivity index (χ3n) is 4.08. The number of carboxylic acids is 1. The number of aromatic nitrogens is 1. The molecule has 1 aliphatic carbocycles. The Morgan fingerprint density at radius 2 is 2.11 bits per heavy atom. The molecule has 104 valence electrons. The maximum Gasteiger partial charge on any atom is 0.354 e. The molecule has 3 unspecified atom stereocenters. The molecular weight excluding hydrogens is 242 g/mol. The largest absolute Gasteiger partial charge is 0.477 e. The standard InChI is InChI=1S/C14H21N3O2/c1-8-3-4-10(7-9(8)2)16-13-11(15)5-6-12(17-13)14(18)19/h5-6,8-10H,3-4,7,15H2,1-2H3,(H,16,17)(H,18,19). The van der Waals surface area contributed by atoms with Crippen LogP contribution in [0.25, 0.3) is 0 Å². The van der Waals surface area contributed by atoms with Gasteiger partial charge in [-0.3, -0.25) is 0 Å². The SMILES string of the molecule is CC1CCC(Nc2nc(C(=O)O)ccc2N)CC1C. The van der Waals surface area contributed by atoms with Crippen LogP contribution in [0.2, 0.25) is 0 Å². The van der Waals surface area contributed by atoms with Crippen molar-refractivity contribution in [3.8, 4) is 0 Å². The second-order valence-electron chi connectivity index (χ2n) is 5.55. The molecule has 1 aromatic rings. The molecule has 19 heavy (non-hydrogen) atoms. The number of nitrogens with one attached hydrogen (secondary N) is 1. The molecule has 5 nitrogen and oxygen atoms in total. The third-order valence-corrected chi connectivity index (χ3v) is 4.08. The summed E-state index contributed by atoms with van der Waals surface area (Å²) < 4.78 is 0. The van der Waals surface area contributed by atoms with Crippen LogP contribution in [0, 0.1) is 11.8 Å². The fraction of sp³-hybridized carbons (Fsp3) is 0.571. The van der Waals surface area contributed by atoms with E-state index in [2.05, 4.69) is 24.1 Å². The van der Waals surface area contributed by atoms with E-state index >= 15 is 0 Å². The molecule has 5 heteroatoms. The molecule has 0 aliphatic heterocycles. The van der Waals surface area contributed by atoms with E-state index in [1.807, 2.05) is 0 Å². The van der Waals surface area contributed by atoms with Crippen LogP contribution in [0.15, 0.2) is 12.1 Å². The summed E-state index contributed by atoms with van der Waals surface area (Å²) in [7, 11) is 0. The van der Waals surface area contributed by atoms with Gasteiger partial charge in [0.15, 0.2) is 5.69 Å². The number of pyridine rings is 1. The maximum absolute atomic E-state index is 10.9. The van der Waals surface area contributed by atoms with Crippen molar-refractivity contribution >= 4 is 17.5 Å². The predicted octanol–water partition coefficient (Wildman–Crippen LogP) is 2.60. The Kier molecular flexibility index (Phi) is 3.93. The van der Waals surface area contributed by atoms with Crippen molar-refractivity contribution in [3.05, 3.63) is 17.8 Å². The van der Waals surface area contributed by atoms with Crippen LogP contribution in [0.5, 0.6) is 0 Å². The van der Waals surface area contributed by atoms with E-state index in [-0.39, 0.29) is 5.69 Å². The van der Waals surface area contributed by atoms with Crippen molar-refractivity contribution in [3.63, 3.8) is 0 Å². The Morgan fingerprint density at radius 1 is 1.37 bits per heavy atom. The number of nitrogens with zero attached hydrogens (tertiary/aromatic N) is 1. The summed E-state index contributed by atoms with van der Waals surface area (Å²) in [6.45, 7) is 4.53. The smallest absolute Gasteiger partial charge is 0.354 e. The molecule has 0 bridgehead atoms. The zero-order valence-corrected chi connectivity index (χ0v) is 11.4. The molecule has 1 aliphatic rings. The molecule has 1 aromatic heterocycles. The van der Waals surface area contributed by atoms with Gasteiger partial charge in [-0.2, -0.15) is 0 Å². The van der Waals surface area contributed by atoms with Crippen LogP contribution in [0.3, 0.4) is 0 Å². The minimum atomic E-state index is -1.03. The topological polar surface area (TPSA) is 88.2 Å². The van der Waals surface area contributed by atoms with Gasteiger partial charge in [0.05, 0.1) is 5.69 Å². The molecule has 0 amide bonds. The van der Waals surface area contributed by atoms with Crippen LogP contribution < -0.4 is 11.1 Å². The molecular formula is C14H21N3O2. The van der Waals surface area contributed by atoms with Gasteiger partial charge in [-0.05, 0) is 43.2 Å². The highest BCUT2D eigenvalue weighted by molar-refractivity contribution is 5.86. The second-order valence-corrected chi connectivity index (χ2v) is 5.55. The predicted molar refractivity (Wildman–Crippen MR) is 75.2 cm³/mol. The number of rotatable bonds is 3. The number of hydrogen-bond acceptors (Lipinski definition) is 4. The average molecular weight is 263 g/mol. The number of hydrogen-bond donors (Lipinski definition) is 3. The number of nitrogens with two attached hydrogens (primary N) is 1. The quantitative estimate of drug-likeness (QED) is 0.780. The Balaban J connectivity index is 2.10. The van der Waals surface area contributed by atoms with Gasteiger partial charge in [-0.15, -0.1) is 0 Å². The monoisotopic (exact) mass is 263 g/mol. The molecule has 0 aromatic carbocycles. The highest BCUT2D eigenvalue weighted by Gasteiger charge is 2.25. The Morgan fingerprint density at radius 3 is 2.74 bits per heavy atom. The Hall–Kier alpha value is -1.78. The summed E-state index contributed by atoms with van der Waals surface area (Å²) in [5, 5.41) is 12.2. The van der Waals surface area contributed by atoms with Crippen molar-refractivity contribution in [2.75, 3.05) is 11.1 Å². The fourth-order valence-corrected chi connectivity index (χ4v) is 2.58. The summed E-state index contributed by atoms with van der Waals surface area (Å²) in [4.78, 5) is 15.0. The van der Waals surface area contributed by atoms with Crippen LogP contribution in [-0.4, -0.2) is 22.1 Å². The van der Waals surface area contributed by atoms with E-state index in [0.717, 1.165) is 18.8 Å². The minimum Gasteiger partial charge on any atom is -0.477 e. The van der Waals surface area contributed by atoms with Crippen LogP contribution in [-0.2, 0) is 0 Å². The molecule has 2 rings (SSSR count). The van der Waals surface area contributed by atoms with Crippen LogP contribution >= 0.6 is 0 Å². The van der Waals surface area contributed by atoms with Crippen LogP contribution in [0.1, 0.15) is 43.6 Å². The summed E-state index contributed by atoms with van der Waals surface area (Å²) >= 11 is 0. The van der Waals surface area contributed by atoms with Crippen molar-refractivity contribution in [2.24, 2.45) is 11.8 Å². The number of nitrogen functional groups attached to an aromatic ring is 1. The summed E-state index contributed by atoms with van der Waals surface area (Å²) in [5.41, 5.74) is 6.37. The first-order valence-corrected chi connectivity index (χ1v) is 6.73. The minimum absolute atomic E-state index is 0.0222. The van der Waals surface area contributed by atoms with Gasteiger partial charge in [0, 0.05) is 6.04 Å². The van der Waals surface area contributed by atoms with Gasteiger partial charge >= 0.3 is 5.97 Å². The lowest BCUT2D eigenvalue weighted by molar-refractivity contribution is 0.0690. The van der Waals surface area contributed by atoms with Crippen molar-refractivity contribution in [1.82, 2.24) is 4.98 Å². The van der Waals surface area contributed by atoms with E-state index in [9.17, 15) is 4.79 Å². The lowest BCUT2D eigenvalue weighted by Crippen LogP contribution is -2.31. The third kappa shape index (κ3) is 3.16. The zero-order valence-electron chi connectivity index (χ0n) is 11.4. The number of anilines is 2. The molecule has 1 fully saturated rings. The average Bonchev–Trinajstić information content (AvgIpc) is 2.36. The first-order chi connectivity index (χ1) is 8.97. The lowest BCUT2D eigenvalue weighted by atomic mass is 9.79. The Labute approximate surface area is 113 Å². The molecule has 0 radical (unpaired) electrons. The van der Waals surface area contributed by atoms with E-state index in [1.54, 1.807) is 6.07 Å². The van der Waals surface area contributed by atoms with Gasteiger partial charge in [-0.25, -0.2) is 9.78 Å². The summed E-state index contributed by atoms with van der Waals surface area (Å²) in [5.74, 6) is 0.865. The van der Waals surface area contributed by atoms with E-state index in [4.69, 9.17) is 10.8 Å². The molecule has 0 saturated heterocycles. The molecule has 1 saturated carbocycles. The summed E-state index contributed by atoms with van der Waals surface area (Å²) in [6.07, 6.45) is 3.32. The first-order valence-electron chi connectivity index (χ1n) is 6.73. The number of aromatic carboxylic acids is 1. The van der Waals surface area contributed by atoms with Crippen molar-refractivity contribution in [2.45, 2.75) is 39.2 Å². The normalized spacial score (nSPS) is 26.9. The van der Waals surface area contributed by atoms with Gasteiger partial charge in [0.2, 0.25) is 0 Å². The highest BCUT2D eigenvalue weighted by Crippen LogP contribution is 2.31. The molecule has 1 heterocycles. The lowest BCUT2D eigenvalue weighted by Gasteiger charge is -2.33. The Bertz CT molecular complexity index is 476. The van der Waals surface area contributed by atoms with Crippen LogP contribution in [0.4, 0.5) is 11.5 Å². The van der Waals surface area contributed by atoms with Crippen molar-refractivity contribution in [1.29, 1.82) is 0 Å². The van der Waals surface area contributed by atoms with E-state index in [1.165, 1.54) is 12.5 Å². The molecule has 4 N–H and O–H groups in total. The van der Waals surface area contributed by atoms with Gasteiger partial charge in [-0.1, -0.05) is 13.8 Å². The second kappa shape index (κ2) is 5.47. The molecule has 3 atom stereocenters. The zero-order chi connectivity index (χ0) is 14.0. The van der Waals surface area contributed by atoms with Crippen molar-refractivity contribution < 1.29 is 9.90 Å². The number of carbonyl (C=O) groups is 1.